The van der Waals surface area contributed by atoms with Gasteiger partial charge in [0.25, 0.3) is 5.91 Å². The number of carbonyl (C=O) groups excluding carboxylic acids is 2. The minimum absolute atomic E-state index is 0.0251. The van der Waals surface area contributed by atoms with Crippen LogP contribution in [-0.4, -0.2) is 21.6 Å². The molecule has 158 valence electrons. The van der Waals surface area contributed by atoms with Crippen LogP contribution in [0.1, 0.15) is 42.7 Å². The van der Waals surface area contributed by atoms with Gasteiger partial charge in [0, 0.05) is 23.4 Å². The Labute approximate surface area is 176 Å². The second kappa shape index (κ2) is 8.44. The van der Waals surface area contributed by atoms with Gasteiger partial charge in [0.05, 0.1) is 16.2 Å². The molecule has 0 aliphatic rings. The van der Waals surface area contributed by atoms with E-state index >= 15 is 0 Å². The average molecular weight is 436 g/mol. The van der Waals surface area contributed by atoms with Crippen LogP contribution in [0.3, 0.4) is 0 Å². The van der Waals surface area contributed by atoms with E-state index < -0.39 is 29.3 Å². The van der Waals surface area contributed by atoms with Crippen molar-refractivity contribution in [1.29, 1.82) is 0 Å². The number of nitrogens with zero attached hydrogens (tertiary/aromatic N) is 1. The van der Waals surface area contributed by atoms with Gasteiger partial charge in [-0.1, -0.05) is 31.9 Å². The number of fused-ring (bicyclic) bond motifs is 1. The van der Waals surface area contributed by atoms with Crippen molar-refractivity contribution in [3.8, 4) is 11.5 Å². The Kier molecular flexibility index (Phi) is 6.12. The molecule has 0 aliphatic carbocycles. The lowest BCUT2D eigenvalue weighted by molar-refractivity contribution is -0.135. The molecule has 0 amide bonds. The number of ether oxygens (including phenoxy) is 1. The number of halogens is 3. The first-order valence-electron chi connectivity index (χ1n) is 9.38. The van der Waals surface area contributed by atoms with Crippen LogP contribution >= 0.6 is 11.6 Å². The molecule has 0 bridgehead atoms. The monoisotopic (exact) mass is 435 g/mol. The van der Waals surface area contributed by atoms with Gasteiger partial charge in [-0.25, -0.2) is 8.78 Å². The highest BCUT2D eigenvalue weighted by atomic mass is 35.5. The van der Waals surface area contributed by atoms with E-state index in [2.05, 4.69) is 0 Å². The molecular formula is C22H20ClF2NO4. The van der Waals surface area contributed by atoms with Crippen LogP contribution in [0.5, 0.6) is 11.5 Å². The predicted octanol–water partition coefficient (Wildman–Crippen LogP) is 5.62. The zero-order chi connectivity index (χ0) is 22.2. The number of esters is 1. The third-order valence-electron chi connectivity index (χ3n) is 5.01. The van der Waals surface area contributed by atoms with Crippen LogP contribution < -0.4 is 4.74 Å². The van der Waals surface area contributed by atoms with Crippen LogP contribution in [0.4, 0.5) is 8.78 Å². The van der Waals surface area contributed by atoms with Gasteiger partial charge < -0.3 is 9.84 Å². The zero-order valence-corrected chi connectivity index (χ0v) is 17.4. The van der Waals surface area contributed by atoms with Gasteiger partial charge in [0.1, 0.15) is 5.82 Å². The number of phenolic OH excluding ortho intramolecular Hbond substituents is 1. The van der Waals surface area contributed by atoms with Crippen molar-refractivity contribution in [3.63, 3.8) is 0 Å². The first-order valence-corrected chi connectivity index (χ1v) is 9.75. The molecule has 1 heterocycles. The van der Waals surface area contributed by atoms with Crippen molar-refractivity contribution in [1.82, 2.24) is 4.57 Å². The Balaban J connectivity index is 2.15. The fourth-order valence-corrected chi connectivity index (χ4v) is 3.25. The Bertz CT molecular complexity index is 1160. The molecule has 0 radical (unpaired) electrons. The number of benzene rings is 2. The summed E-state index contributed by atoms with van der Waals surface area (Å²) in [4.78, 5) is 25.4. The third kappa shape index (κ3) is 4.03. The first kappa shape index (κ1) is 21.8. The van der Waals surface area contributed by atoms with Crippen molar-refractivity contribution in [2.45, 2.75) is 33.6 Å². The lowest BCUT2D eigenvalue weighted by atomic mass is 10.1. The average Bonchev–Trinajstić information content (AvgIpc) is 2.94. The number of hydrogen-bond donors (Lipinski definition) is 1. The normalized spacial score (nSPS) is 12.2. The van der Waals surface area contributed by atoms with Crippen LogP contribution in [0.15, 0.2) is 30.3 Å². The van der Waals surface area contributed by atoms with Gasteiger partial charge in [-0.05, 0) is 37.1 Å². The highest BCUT2D eigenvalue weighted by Gasteiger charge is 2.25. The SMILES string of the molecule is CCC(C)CC(=O)Oc1c(C)n(C(=O)c2ccc(Cl)c(F)c2)c2cc(F)c(O)cc12. The number of rotatable bonds is 5. The van der Waals surface area contributed by atoms with Crippen molar-refractivity contribution >= 4 is 34.4 Å². The highest BCUT2D eigenvalue weighted by Crippen LogP contribution is 2.37. The fraction of sp³-hybridized carbons (Fsp3) is 0.273. The molecule has 8 heteroatoms. The smallest absolute Gasteiger partial charge is 0.311 e. The molecule has 0 saturated heterocycles. The molecule has 1 atom stereocenters. The van der Waals surface area contributed by atoms with Crippen LogP contribution in [0, 0.1) is 24.5 Å². The van der Waals surface area contributed by atoms with E-state index in [0.717, 1.165) is 29.2 Å². The molecule has 0 spiro atoms. The Morgan fingerprint density at radius 3 is 2.53 bits per heavy atom. The molecule has 2 aromatic carbocycles. The number of hydrogen-bond acceptors (Lipinski definition) is 4. The number of aromatic nitrogens is 1. The van der Waals surface area contributed by atoms with Crippen molar-refractivity contribution < 1.29 is 28.2 Å². The Hall–Kier alpha value is -2.93. The molecule has 3 aromatic rings. The van der Waals surface area contributed by atoms with Gasteiger partial charge in [-0.3, -0.25) is 14.2 Å². The first-order chi connectivity index (χ1) is 14.1. The lowest BCUT2D eigenvalue weighted by Gasteiger charge is -2.10. The minimum Gasteiger partial charge on any atom is -0.505 e. The number of phenols is 1. The molecule has 0 saturated carbocycles. The van der Waals surface area contributed by atoms with Crippen LogP contribution in [0.2, 0.25) is 5.02 Å². The summed E-state index contributed by atoms with van der Waals surface area (Å²) < 4.78 is 34.5. The molecule has 5 nitrogen and oxygen atoms in total. The summed E-state index contributed by atoms with van der Waals surface area (Å²) in [5.74, 6) is -3.42. The topological polar surface area (TPSA) is 68.5 Å². The van der Waals surface area contributed by atoms with Crippen LogP contribution in [-0.2, 0) is 4.79 Å². The van der Waals surface area contributed by atoms with Crippen molar-refractivity contribution in [2.24, 2.45) is 5.92 Å². The summed E-state index contributed by atoms with van der Waals surface area (Å²) in [6.45, 7) is 5.36. The van der Waals surface area contributed by atoms with E-state index in [0.29, 0.717) is 0 Å². The summed E-state index contributed by atoms with van der Waals surface area (Å²) in [5.41, 5.74) is 0.269. The van der Waals surface area contributed by atoms with Gasteiger partial charge in [0.2, 0.25) is 0 Å². The fourth-order valence-electron chi connectivity index (χ4n) is 3.13. The molecule has 0 fully saturated rings. The maximum absolute atomic E-state index is 14.1. The van der Waals surface area contributed by atoms with E-state index in [1.54, 1.807) is 0 Å². The second-order valence-electron chi connectivity index (χ2n) is 7.20. The summed E-state index contributed by atoms with van der Waals surface area (Å²) in [5, 5.41) is 9.85. The molecule has 3 rings (SSSR count). The maximum atomic E-state index is 14.1. The standard InChI is InChI=1S/C22H20ClF2NO4/c1-4-11(2)7-20(28)30-21-12(3)26(18-10-17(25)19(27)9-14(18)21)22(29)13-5-6-15(23)16(24)8-13/h5-6,8-11,27H,4,7H2,1-3H3. The zero-order valence-electron chi connectivity index (χ0n) is 16.6. The molecule has 1 aromatic heterocycles. The summed E-state index contributed by atoms with van der Waals surface area (Å²) in [6.07, 6.45) is 0.939. The van der Waals surface area contributed by atoms with E-state index in [1.807, 2.05) is 13.8 Å². The summed E-state index contributed by atoms with van der Waals surface area (Å²) >= 11 is 5.68. The molecule has 1 unspecified atom stereocenters. The quantitative estimate of drug-likeness (QED) is 0.528. The summed E-state index contributed by atoms with van der Waals surface area (Å²) in [7, 11) is 0. The van der Waals surface area contributed by atoms with Crippen LogP contribution in [0.25, 0.3) is 10.9 Å². The van der Waals surface area contributed by atoms with E-state index in [9.17, 15) is 23.5 Å². The highest BCUT2D eigenvalue weighted by molar-refractivity contribution is 6.30. The lowest BCUT2D eigenvalue weighted by Crippen LogP contribution is -2.15. The molecular weight excluding hydrogens is 416 g/mol. The maximum Gasteiger partial charge on any atom is 0.311 e. The van der Waals surface area contributed by atoms with Crippen molar-refractivity contribution in [3.05, 3.63) is 58.2 Å². The largest absolute Gasteiger partial charge is 0.505 e. The Morgan fingerprint density at radius 2 is 1.90 bits per heavy atom. The minimum atomic E-state index is -0.950. The van der Waals surface area contributed by atoms with E-state index in [4.69, 9.17) is 16.3 Å². The third-order valence-corrected chi connectivity index (χ3v) is 5.32. The van der Waals surface area contributed by atoms with Gasteiger partial charge >= 0.3 is 5.97 Å². The number of aromatic hydroxyl groups is 1. The van der Waals surface area contributed by atoms with Gasteiger partial charge in [0.15, 0.2) is 17.3 Å². The van der Waals surface area contributed by atoms with Gasteiger partial charge in [-0.2, -0.15) is 0 Å². The second-order valence-corrected chi connectivity index (χ2v) is 7.60. The van der Waals surface area contributed by atoms with Crippen molar-refractivity contribution in [2.75, 3.05) is 0 Å². The van der Waals surface area contributed by atoms with E-state index in [1.165, 1.54) is 19.1 Å². The molecule has 1 N–H and O–H groups in total. The molecule has 0 aliphatic heterocycles. The number of carbonyl (C=O) groups is 2. The molecule has 30 heavy (non-hydrogen) atoms. The Morgan fingerprint density at radius 1 is 1.20 bits per heavy atom. The predicted molar refractivity (Wildman–Crippen MR) is 109 cm³/mol. The van der Waals surface area contributed by atoms with Gasteiger partial charge in [-0.15, -0.1) is 0 Å². The summed E-state index contributed by atoms with van der Waals surface area (Å²) in [6, 6.07) is 5.61. The van der Waals surface area contributed by atoms with E-state index in [-0.39, 0.29) is 45.3 Å².